The van der Waals surface area contributed by atoms with Gasteiger partial charge in [-0.3, -0.25) is 14.9 Å². The largest absolute Gasteiger partial charge is 0.490 e. The quantitative estimate of drug-likeness (QED) is 0.334. The third kappa shape index (κ3) is 6.19. The van der Waals surface area contributed by atoms with E-state index in [0.717, 1.165) is 26.7 Å². The topological polar surface area (TPSA) is 94.4 Å². The molecule has 0 aliphatic carbocycles. The monoisotopic (exact) mass is 477 g/mol. The molecule has 1 aromatic heterocycles. The molecule has 0 aliphatic rings. The minimum absolute atomic E-state index is 0.0827. The van der Waals surface area contributed by atoms with Crippen molar-refractivity contribution in [2.45, 2.75) is 19.2 Å². The Bertz CT molecular complexity index is 1090. The number of aromatic nitrogens is 1. The average molecular weight is 478 g/mol. The number of carbonyl (C=O) groups excluding carboxylic acids is 1. The second kappa shape index (κ2) is 10.6. The normalized spacial score (nSPS) is 10.7. The van der Waals surface area contributed by atoms with Gasteiger partial charge in [0.15, 0.2) is 5.75 Å². The van der Waals surface area contributed by atoms with Gasteiger partial charge in [0.2, 0.25) is 5.91 Å². The number of hydrogen-bond donors (Lipinski definition) is 1. The minimum Gasteiger partial charge on any atom is -0.490 e. The Morgan fingerprint density at radius 1 is 1.29 bits per heavy atom. The second-order valence-corrected chi connectivity index (χ2v) is 9.26. The van der Waals surface area contributed by atoms with Crippen LogP contribution in [-0.2, 0) is 17.1 Å². The van der Waals surface area contributed by atoms with Crippen LogP contribution >= 0.6 is 34.7 Å². The number of amides is 1. The van der Waals surface area contributed by atoms with Crippen molar-refractivity contribution in [3.63, 3.8) is 0 Å². The highest BCUT2D eigenvalue weighted by Gasteiger charge is 2.15. The zero-order valence-electron chi connectivity index (χ0n) is 16.9. The summed E-state index contributed by atoms with van der Waals surface area (Å²) >= 11 is 8.87. The summed E-state index contributed by atoms with van der Waals surface area (Å²) in [6.07, 6.45) is 0. The Morgan fingerprint density at radius 2 is 2.03 bits per heavy atom. The summed E-state index contributed by atoms with van der Waals surface area (Å²) in [5.74, 6) is 0.825. The summed E-state index contributed by atoms with van der Waals surface area (Å²) in [5, 5.41) is 15.5. The number of nitrogens with zero attached hydrogens (tertiary/aromatic N) is 2. The number of thiazole rings is 1. The number of nitro groups is 1. The fraction of sp³-hybridized carbons (Fsp3) is 0.238. The molecule has 0 unspecified atom stereocenters. The number of halogens is 1. The Hall–Kier alpha value is -2.62. The molecule has 0 spiro atoms. The number of carbonyl (C=O) groups is 1. The van der Waals surface area contributed by atoms with E-state index >= 15 is 0 Å². The van der Waals surface area contributed by atoms with Gasteiger partial charge in [-0.25, -0.2) is 4.98 Å². The number of ether oxygens (including phenoxy) is 1. The zero-order chi connectivity index (χ0) is 22.4. The van der Waals surface area contributed by atoms with E-state index in [1.165, 1.54) is 24.9 Å². The molecule has 1 amide bonds. The number of benzene rings is 2. The maximum Gasteiger partial charge on any atom is 0.311 e. The number of nitrogens with one attached hydrogen (secondary N) is 1. The van der Waals surface area contributed by atoms with Crippen LogP contribution < -0.4 is 10.1 Å². The van der Waals surface area contributed by atoms with E-state index in [0.29, 0.717) is 17.3 Å². The molecule has 7 nitrogen and oxygen atoms in total. The molecule has 0 fully saturated rings. The van der Waals surface area contributed by atoms with E-state index in [9.17, 15) is 14.9 Å². The molecule has 2 aromatic carbocycles. The molecule has 0 saturated carbocycles. The number of aryl methyl sites for hydroxylation is 1. The van der Waals surface area contributed by atoms with Gasteiger partial charge in [-0.05, 0) is 30.7 Å². The van der Waals surface area contributed by atoms with Crippen molar-refractivity contribution in [1.29, 1.82) is 0 Å². The lowest BCUT2D eigenvalue weighted by Gasteiger charge is -2.06. The van der Waals surface area contributed by atoms with Gasteiger partial charge in [0.25, 0.3) is 0 Å². The molecule has 0 radical (unpaired) electrons. The fourth-order valence-electron chi connectivity index (χ4n) is 2.86. The predicted octanol–water partition coefficient (Wildman–Crippen LogP) is 5.24. The van der Waals surface area contributed by atoms with Crippen molar-refractivity contribution in [3.05, 3.63) is 73.0 Å². The molecule has 0 bridgehead atoms. The van der Waals surface area contributed by atoms with E-state index in [1.807, 2.05) is 31.2 Å². The van der Waals surface area contributed by atoms with Crippen LogP contribution in [0.2, 0.25) is 5.02 Å². The molecule has 0 saturated heterocycles. The summed E-state index contributed by atoms with van der Waals surface area (Å²) in [7, 11) is 1.39. The summed E-state index contributed by atoms with van der Waals surface area (Å²) in [6, 6.07) is 12.3. The molecule has 162 valence electrons. The maximum absolute atomic E-state index is 12.2. The van der Waals surface area contributed by atoms with Gasteiger partial charge in [-0.15, -0.1) is 23.1 Å². The van der Waals surface area contributed by atoms with Crippen molar-refractivity contribution in [2.24, 2.45) is 0 Å². The lowest BCUT2D eigenvalue weighted by atomic mass is 10.1. The van der Waals surface area contributed by atoms with Crippen LogP contribution in [0, 0.1) is 17.0 Å². The van der Waals surface area contributed by atoms with Gasteiger partial charge in [0.1, 0.15) is 5.01 Å². The molecule has 3 aromatic rings. The van der Waals surface area contributed by atoms with E-state index in [1.54, 1.807) is 23.5 Å². The number of nitro benzene ring substituents is 1. The minimum atomic E-state index is -0.478. The van der Waals surface area contributed by atoms with Gasteiger partial charge < -0.3 is 10.1 Å². The van der Waals surface area contributed by atoms with Crippen LogP contribution in [0.5, 0.6) is 5.75 Å². The van der Waals surface area contributed by atoms with Crippen molar-refractivity contribution >= 4 is 46.3 Å². The molecule has 0 atom stereocenters. The molecule has 1 heterocycles. The Kier molecular flexibility index (Phi) is 7.89. The Labute approximate surface area is 192 Å². The van der Waals surface area contributed by atoms with Gasteiger partial charge in [-0.1, -0.05) is 29.8 Å². The summed E-state index contributed by atoms with van der Waals surface area (Å²) in [4.78, 5) is 28.5. The highest BCUT2D eigenvalue weighted by atomic mass is 35.5. The maximum atomic E-state index is 12.2. The van der Waals surface area contributed by atoms with Crippen LogP contribution in [0.1, 0.15) is 15.4 Å². The zero-order valence-corrected chi connectivity index (χ0v) is 19.3. The standard InChI is InChI=1S/C21H20ClN3O4S2/c1-13-21(15-4-6-16(22)7-5-15)24-20(31-13)10-23-19(26)12-30-11-14-3-8-18(29-2)17(9-14)25(27)28/h3-9H,10-12H2,1-2H3,(H,23,26). The van der Waals surface area contributed by atoms with Crippen LogP contribution in [0.3, 0.4) is 0 Å². The molecule has 0 aliphatic heterocycles. The first kappa shape index (κ1) is 23.1. The van der Waals surface area contributed by atoms with Crippen molar-refractivity contribution in [1.82, 2.24) is 10.3 Å². The van der Waals surface area contributed by atoms with Crippen LogP contribution in [0.25, 0.3) is 11.3 Å². The van der Waals surface area contributed by atoms with E-state index in [4.69, 9.17) is 16.3 Å². The van der Waals surface area contributed by atoms with Crippen LogP contribution in [0.15, 0.2) is 42.5 Å². The summed E-state index contributed by atoms with van der Waals surface area (Å²) < 4.78 is 5.00. The highest BCUT2D eigenvalue weighted by molar-refractivity contribution is 7.99. The highest BCUT2D eigenvalue weighted by Crippen LogP contribution is 2.30. The van der Waals surface area contributed by atoms with E-state index < -0.39 is 4.92 Å². The first-order valence-electron chi connectivity index (χ1n) is 9.25. The predicted molar refractivity (Wildman–Crippen MR) is 125 cm³/mol. The number of methoxy groups -OCH3 is 1. The molecular weight excluding hydrogens is 458 g/mol. The van der Waals surface area contributed by atoms with Gasteiger partial charge in [-0.2, -0.15) is 0 Å². The van der Waals surface area contributed by atoms with Gasteiger partial charge in [0.05, 0.1) is 30.0 Å². The first-order chi connectivity index (χ1) is 14.9. The fourth-order valence-corrected chi connectivity index (χ4v) is 4.68. The molecule has 3 rings (SSSR count). The third-order valence-corrected chi connectivity index (χ3v) is 6.56. The lowest BCUT2D eigenvalue weighted by molar-refractivity contribution is -0.385. The van der Waals surface area contributed by atoms with Crippen LogP contribution in [0.4, 0.5) is 5.69 Å². The van der Waals surface area contributed by atoms with Crippen molar-refractivity contribution < 1.29 is 14.5 Å². The second-order valence-electron chi connectivity index (χ2n) is 6.55. The Balaban J connectivity index is 1.50. The van der Waals surface area contributed by atoms with Gasteiger partial charge >= 0.3 is 5.69 Å². The molecular formula is C21H20ClN3O4S2. The molecule has 31 heavy (non-hydrogen) atoms. The van der Waals surface area contributed by atoms with Crippen LogP contribution in [-0.4, -0.2) is 28.7 Å². The first-order valence-corrected chi connectivity index (χ1v) is 11.6. The average Bonchev–Trinajstić information content (AvgIpc) is 3.13. The summed E-state index contributed by atoms with van der Waals surface area (Å²) in [6.45, 7) is 2.35. The SMILES string of the molecule is COc1ccc(CSCC(=O)NCc2nc(-c3ccc(Cl)cc3)c(C)s2)cc1[N+](=O)[O-]. The molecule has 1 N–H and O–H groups in total. The lowest BCUT2D eigenvalue weighted by Crippen LogP contribution is -2.24. The third-order valence-electron chi connectivity index (χ3n) is 4.34. The van der Waals surface area contributed by atoms with Crippen molar-refractivity contribution in [2.75, 3.05) is 12.9 Å². The van der Waals surface area contributed by atoms with Gasteiger partial charge in [0, 0.05) is 27.3 Å². The van der Waals surface area contributed by atoms with E-state index in [2.05, 4.69) is 10.3 Å². The van der Waals surface area contributed by atoms with Crippen molar-refractivity contribution in [3.8, 4) is 17.0 Å². The number of hydrogen-bond acceptors (Lipinski definition) is 7. The number of thioether (sulfide) groups is 1. The summed E-state index contributed by atoms with van der Waals surface area (Å²) in [5.41, 5.74) is 2.55. The number of rotatable bonds is 9. The Morgan fingerprint density at radius 3 is 2.71 bits per heavy atom. The smallest absolute Gasteiger partial charge is 0.311 e. The molecule has 10 heteroatoms. The van der Waals surface area contributed by atoms with E-state index in [-0.39, 0.29) is 23.1 Å².